The summed E-state index contributed by atoms with van der Waals surface area (Å²) >= 11 is 1.62. The molecule has 0 unspecified atom stereocenters. The maximum atomic E-state index is 11.9. The van der Waals surface area contributed by atoms with Gasteiger partial charge in [-0.05, 0) is 23.6 Å². The minimum atomic E-state index is -0.181. The highest BCUT2D eigenvalue weighted by atomic mass is 32.1. The molecule has 3 aromatic rings. The van der Waals surface area contributed by atoms with Gasteiger partial charge in [0, 0.05) is 4.88 Å². The molecule has 0 aliphatic carbocycles. The molecular formula is C13H11N3OS. The molecule has 0 bridgehead atoms. The van der Waals surface area contributed by atoms with Crippen LogP contribution in [0.5, 0.6) is 0 Å². The molecule has 0 saturated heterocycles. The van der Waals surface area contributed by atoms with E-state index in [1.807, 2.05) is 41.8 Å². The zero-order chi connectivity index (χ0) is 12.4. The molecule has 4 nitrogen and oxygen atoms in total. The van der Waals surface area contributed by atoms with Gasteiger partial charge in [-0.3, -0.25) is 4.79 Å². The number of rotatable bonds is 3. The number of aromatic amines is 1. The standard InChI is InChI=1S/C13H11N3OS/c17-13(14-8-9-4-3-7-18-9)12-15-10-5-1-2-6-11(10)16-12/h1-7H,8H2,(H,14,17)(H,15,16). The van der Waals surface area contributed by atoms with Crippen LogP contribution >= 0.6 is 11.3 Å². The first-order valence-electron chi connectivity index (χ1n) is 5.58. The number of carbonyl (C=O) groups is 1. The van der Waals surface area contributed by atoms with Crippen molar-refractivity contribution in [3.05, 3.63) is 52.5 Å². The molecule has 0 atom stereocenters. The van der Waals surface area contributed by atoms with Gasteiger partial charge in [0.25, 0.3) is 5.91 Å². The number of hydrogen-bond acceptors (Lipinski definition) is 3. The van der Waals surface area contributed by atoms with E-state index >= 15 is 0 Å². The summed E-state index contributed by atoms with van der Waals surface area (Å²) in [5.41, 5.74) is 1.68. The monoisotopic (exact) mass is 257 g/mol. The first-order chi connectivity index (χ1) is 8.83. The van der Waals surface area contributed by atoms with Gasteiger partial charge in [-0.1, -0.05) is 18.2 Å². The van der Waals surface area contributed by atoms with E-state index in [0.717, 1.165) is 15.9 Å². The number of nitrogens with zero attached hydrogens (tertiary/aromatic N) is 1. The number of amides is 1. The third-order valence-electron chi connectivity index (χ3n) is 2.61. The molecule has 3 rings (SSSR count). The summed E-state index contributed by atoms with van der Waals surface area (Å²) in [6.07, 6.45) is 0. The van der Waals surface area contributed by atoms with Gasteiger partial charge in [0.2, 0.25) is 0 Å². The molecular weight excluding hydrogens is 246 g/mol. The number of aromatic nitrogens is 2. The Hall–Kier alpha value is -2.14. The predicted molar refractivity (Wildman–Crippen MR) is 71.6 cm³/mol. The van der Waals surface area contributed by atoms with Crippen molar-refractivity contribution in [1.82, 2.24) is 15.3 Å². The molecule has 5 heteroatoms. The zero-order valence-electron chi connectivity index (χ0n) is 9.51. The smallest absolute Gasteiger partial charge is 0.287 e. The van der Waals surface area contributed by atoms with Gasteiger partial charge in [-0.25, -0.2) is 4.98 Å². The summed E-state index contributed by atoms with van der Waals surface area (Å²) in [6, 6.07) is 11.5. The zero-order valence-corrected chi connectivity index (χ0v) is 10.3. The van der Waals surface area contributed by atoms with Gasteiger partial charge < -0.3 is 10.3 Å². The van der Waals surface area contributed by atoms with E-state index in [-0.39, 0.29) is 5.91 Å². The third-order valence-corrected chi connectivity index (χ3v) is 3.48. The second-order valence-electron chi connectivity index (χ2n) is 3.86. The number of thiophene rings is 1. The number of imidazole rings is 1. The Morgan fingerprint density at radius 2 is 2.17 bits per heavy atom. The summed E-state index contributed by atoms with van der Waals surface area (Å²) in [5, 5.41) is 4.83. The first kappa shape index (κ1) is 11.0. The lowest BCUT2D eigenvalue weighted by Gasteiger charge is -1.99. The van der Waals surface area contributed by atoms with Crippen LogP contribution in [0.1, 0.15) is 15.5 Å². The number of para-hydroxylation sites is 2. The van der Waals surface area contributed by atoms with Gasteiger partial charge in [0.15, 0.2) is 5.82 Å². The second kappa shape index (κ2) is 4.62. The van der Waals surface area contributed by atoms with Crippen LogP contribution in [0.4, 0.5) is 0 Å². The van der Waals surface area contributed by atoms with Crippen molar-refractivity contribution in [2.45, 2.75) is 6.54 Å². The van der Waals surface area contributed by atoms with Crippen LogP contribution in [-0.2, 0) is 6.54 Å². The molecule has 1 aromatic carbocycles. The van der Waals surface area contributed by atoms with Gasteiger partial charge in [-0.2, -0.15) is 0 Å². The van der Waals surface area contributed by atoms with E-state index in [1.54, 1.807) is 11.3 Å². The minimum Gasteiger partial charge on any atom is -0.344 e. The Labute approximate surface area is 108 Å². The SMILES string of the molecule is O=C(NCc1cccs1)c1nc2ccccc2[nH]1. The van der Waals surface area contributed by atoms with Crippen LogP contribution in [0.2, 0.25) is 0 Å². The molecule has 0 radical (unpaired) electrons. The number of carbonyl (C=O) groups excluding carboxylic acids is 1. The van der Waals surface area contributed by atoms with Crippen LogP contribution < -0.4 is 5.32 Å². The quantitative estimate of drug-likeness (QED) is 0.757. The summed E-state index contributed by atoms with van der Waals surface area (Å²) in [4.78, 5) is 20.3. The Balaban J connectivity index is 1.75. The largest absolute Gasteiger partial charge is 0.344 e. The van der Waals surface area contributed by atoms with Crippen molar-refractivity contribution >= 4 is 28.3 Å². The molecule has 0 aliphatic heterocycles. The van der Waals surface area contributed by atoms with Crippen LogP contribution in [0, 0.1) is 0 Å². The second-order valence-corrected chi connectivity index (χ2v) is 4.90. The summed E-state index contributed by atoms with van der Waals surface area (Å²) in [7, 11) is 0. The van der Waals surface area contributed by atoms with E-state index < -0.39 is 0 Å². The maximum absolute atomic E-state index is 11.9. The Bertz CT molecular complexity index is 639. The van der Waals surface area contributed by atoms with Crippen molar-refractivity contribution < 1.29 is 4.79 Å². The van der Waals surface area contributed by atoms with E-state index in [0.29, 0.717) is 12.4 Å². The lowest BCUT2D eigenvalue weighted by molar-refractivity contribution is 0.0942. The fraction of sp³-hybridized carbons (Fsp3) is 0.0769. The summed E-state index contributed by atoms with van der Waals surface area (Å²) in [5.74, 6) is 0.173. The minimum absolute atomic E-state index is 0.181. The first-order valence-corrected chi connectivity index (χ1v) is 6.46. The van der Waals surface area contributed by atoms with Crippen molar-refractivity contribution in [3.63, 3.8) is 0 Å². The van der Waals surface area contributed by atoms with Crippen molar-refractivity contribution in [1.29, 1.82) is 0 Å². The van der Waals surface area contributed by atoms with Crippen molar-refractivity contribution in [2.75, 3.05) is 0 Å². The fourth-order valence-electron chi connectivity index (χ4n) is 1.72. The highest BCUT2D eigenvalue weighted by Gasteiger charge is 2.10. The molecule has 2 N–H and O–H groups in total. The van der Waals surface area contributed by atoms with Gasteiger partial charge in [0.1, 0.15) is 0 Å². The molecule has 1 amide bonds. The molecule has 0 aliphatic rings. The number of hydrogen-bond donors (Lipinski definition) is 2. The normalized spacial score (nSPS) is 10.7. The molecule has 0 saturated carbocycles. The van der Waals surface area contributed by atoms with Crippen molar-refractivity contribution in [2.24, 2.45) is 0 Å². The molecule has 2 heterocycles. The average molecular weight is 257 g/mol. The number of nitrogens with one attached hydrogen (secondary N) is 2. The molecule has 0 spiro atoms. The lowest BCUT2D eigenvalue weighted by atomic mass is 10.3. The fourth-order valence-corrected chi connectivity index (χ4v) is 2.37. The molecule has 18 heavy (non-hydrogen) atoms. The molecule has 90 valence electrons. The van der Waals surface area contributed by atoms with Crippen LogP contribution in [0.3, 0.4) is 0 Å². The van der Waals surface area contributed by atoms with Crippen LogP contribution in [-0.4, -0.2) is 15.9 Å². The van der Waals surface area contributed by atoms with Crippen LogP contribution in [0.15, 0.2) is 41.8 Å². The number of benzene rings is 1. The predicted octanol–water partition coefficient (Wildman–Crippen LogP) is 2.55. The van der Waals surface area contributed by atoms with Gasteiger partial charge in [0.05, 0.1) is 17.6 Å². The van der Waals surface area contributed by atoms with E-state index in [1.165, 1.54) is 0 Å². The number of fused-ring (bicyclic) bond motifs is 1. The number of H-pyrrole nitrogens is 1. The summed E-state index contributed by atoms with van der Waals surface area (Å²) in [6.45, 7) is 0.535. The highest BCUT2D eigenvalue weighted by molar-refractivity contribution is 7.09. The molecule has 0 fully saturated rings. The topological polar surface area (TPSA) is 57.8 Å². The highest BCUT2D eigenvalue weighted by Crippen LogP contribution is 2.11. The average Bonchev–Trinajstić information content (AvgIpc) is 3.04. The van der Waals surface area contributed by atoms with E-state index in [2.05, 4.69) is 15.3 Å². The Morgan fingerprint density at radius 1 is 1.28 bits per heavy atom. The Kier molecular flexibility index (Phi) is 2.82. The lowest BCUT2D eigenvalue weighted by Crippen LogP contribution is -2.23. The van der Waals surface area contributed by atoms with Gasteiger partial charge >= 0.3 is 0 Å². The van der Waals surface area contributed by atoms with Gasteiger partial charge in [-0.15, -0.1) is 11.3 Å². The van der Waals surface area contributed by atoms with E-state index in [9.17, 15) is 4.79 Å². The summed E-state index contributed by atoms with van der Waals surface area (Å²) < 4.78 is 0. The van der Waals surface area contributed by atoms with Crippen LogP contribution in [0.25, 0.3) is 11.0 Å². The third kappa shape index (κ3) is 2.12. The van der Waals surface area contributed by atoms with E-state index in [4.69, 9.17) is 0 Å². The van der Waals surface area contributed by atoms with Crippen molar-refractivity contribution in [3.8, 4) is 0 Å². The maximum Gasteiger partial charge on any atom is 0.287 e. The molecule has 2 aromatic heterocycles. The Morgan fingerprint density at radius 3 is 2.94 bits per heavy atom.